The average molecular weight is 275 g/mol. The van der Waals surface area contributed by atoms with Gasteiger partial charge in [-0.3, -0.25) is 4.98 Å². The van der Waals surface area contributed by atoms with Gasteiger partial charge in [-0.2, -0.15) is 13.2 Å². The molecule has 0 aliphatic carbocycles. The Hall–Kier alpha value is -1.10. The summed E-state index contributed by atoms with van der Waals surface area (Å²) in [6.07, 6.45) is -3.74. The summed E-state index contributed by atoms with van der Waals surface area (Å²) in [5, 5.41) is 0. The van der Waals surface area contributed by atoms with Crippen molar-refractivity contribution >= 4 is 0 Å². The highest BCUT2D eigenvalue weighted by Crippen LogP contribution is 2.37. The Balaban J connectivity index is 3.33. The molecule has 108 valence electrons. The van der Waals surface area contributed by atoms with Crippen molar-refractivity contribution in [2.45, 2.75) is 52.3 Å². The van der Waals surface area contributed by atoms with E-state index in [1.807, 2.05) is 20.8 Å². The summed E-state index contributed by atoms with van der Waals surface area (Å²) in [4.78, 5) is 4.15. The number of halogens is 3. The molecule has 1 rings (SSSR count). The predicted molar refractivity (Wildman–Crippen MR) is 68.0 cm³/mol. The number of nitrogens with zero attached hydrogens (tertiary/aromatic N) is 1. The van der Waals surface area contributed by atoms with E-state index in [0.29, 0.717) is 12.3 Å². The van der Waals surface area contributed by atoms with E-state index in [2.05, 4.69) is 4.98 Å². The number of hydrogen-bond donors (Lipinski definition) is 0. The van der Waals surface area contributed by atoms with Gasteiger partial charge in [0.05, 0.1) is 11.7 Å². The third-order valence-corrected chi connectivity index (χ3v) is 2.86. The monoisotopic (exact) mass is 275 g/mol. The van der Waals surface area contributed by atoms with Crippen LogP contribution in [0.25, 0.3) is 0 Å². The van der Waals surface area contributed by atoms with Gasteiger partial charge in [-0.1, -0.05) is 20.8 Å². The summed E-state index contributed by atoms with van der Waals surface area (Å²) in [5.41, 5.74) is -0.573. The molecule has 1 atom stereocenters. The Morgan fingerprint density at radius 2 is 1.84 bits per heavy atom. The Morgan fingerprint density at radius 1 is 1.26 bits per heavy atom. The maximum absolute atomic E-state index is 13.1. The quantitative estimate of drug-likeness (QED) is 0.810. The number of hydrogen-bond acceptors (Lipinski definition) is 2. The SMILES string of the molecule is CCOC(C)c1cnc(C(C)(C)C)cc1C(F)(F)F. The van der Waals surface area contributed by atoms with Crippen LogP contribution in [0.2, 0.25) is 0 Å². The second-order valence-corrected chi connectivity index (χ2v) is 5.50. The third-order valence-electron chi connectivity index (χ3n) is 2.86. The highest BCUT2D eigenvalue weighted by Gasteiger charge is 2.36. The first-order chi connectivity index (χ1) is 8.57. The molecule has 1 aromatic heterocycles. The molecule has 0 amide bonds. The molecular formula is C14H20F3NO. The molecule has 0 fully saturated rings. The van der Waals surface area contributed by atoms with Crippen LogP contribution < -0.4 is 0 Å². The molecule has 19 heavy (non-hydrogen) atoms. The van der Waals surface area contributed by atoms with Gasteiger partial charge in [0.25, 0.3) is 0 Å². The van der Waals surface area contributed by atoms with E-state index in [1.165, 1.54) is 6.20 Å². The Bertz CT molecular complexity index is 435. The lowest BCUT2D eigenvalue weighted by molar-refractivity contribution is -0.139. The fourth-order valence-corrected chi connectivity index (χ4v) is 1.79. The number of alkyl halides is 3. The molecule has 0 aliphatic rings. The van der Waals surface area contributed by atoms with Gasteiger partial charge in [0.1, 0.15) is 0 Å². The molecule has 1 aromatic rings. The van der Waals surface area contributed by atoms with Crippen LogP contribution in [0.1, 0.15) is 57.5 Å². The lowest BCUT2D eigenvalue weighted by Gasteiger charge is -2.23. The van der Waals surface area contributed by atoms with Crippen LogP contribution in [0, 0.1) is 0 Å². The van der Waals surface area contributed by atoms with Gasteiger partial charge in [0, 0.05) is 29.5 Å². The Morgan fingerprint density at radius 3 is 2.26 bits per heavy atom. The van der Waals surface area contributed by atoms with E-state index in [0.717, 1.165) is 6.07 Å². The number of rotatable bonds is 3. The highest BCUT2D eigenvalue weighted by molar-refractivity contribution is 5.33. The van der Waals surface area contributed by atoms with Crippen molar-refractivity contribution in [3.63, 3.8) is 0 Å². The molecular weight excluding hydrogens is 255 g/mol. The minimum atomic E-state index is -4.40. The number of pyridine rings is 1. The second kappa shape index (κ2) is 5.49. The van der Waals surface area contributed by atoms with Crippen LogP contribution in [0.4, 0.5) is 13.2 Å². The van der Waals surface area contributed by atoms with Gasteiger partial charge in [0.15, 0.2) is 0 Å². The zero-order chi connectivity index (χ0) is 14.8. The number of aromatic nitrogens is 1. The number of ether oxygens (including phenoxy) is 1. The molecule has 0 saturated heterocycles. The summed E-state index contributed by atoms with van der Waals surface area (Å²) in [6.45, 7) is 9.22. The average Bonchev–Trinajstić information content (AvgIpc) is 2.26. The van der Waals surface area contributed by atoms with Crippen molar-refractivity contribution in [1.82, 2.24) is 4.98 Å². The lowest BCUT2D eigenvalue weighted by atomic mass is 9.89. The standard InChI is InChI=1S/C14H20F3NO/c1-6-19-9(2)10-8-18-12(13(3,4)5)7-11(10)14(15,16)17/h7-9H,6H2,1-5H3. The molecule has 1 heterocycles. The fraction of sp³-hybridized carbons (Fsp3) is 0.643. The molecule has 0 radical (unpaired) electrons. The normalized spacial score (nSPS) is 14.5. The Kier molecular flexibility index (Phi) is 4.61. The van der Waals surface area contributed by atoms with E-state index >= 15 is 0 Å². The minimum absolute atomic E-state index is 0.0855. The summed E-state index contributed by atoms with van der Waals surface area (Å²) in [5.74, 6) is 0. The zero-order valence-electron chi connectivity index (χ0n) is 11.9. The Labute approximate surface area is 112 Å². The maximum Gasteiger partial charge on any atom is 0.416 e. The van der Waals surface area contributed by atoms with Gasteiger partial charge in [-0.15, -0.1) is 0 Å². The van der Waals surface area contributed by atoms with Crippen molar-refractivity contribution in [2.24, 2.45) is 0 Å². The largest absolute Gasteiger partial charge is 0.416 e. The molecule has 0 saturated carbocycles. The first kappa shape index (κ1) is 16.0. The van der Waals surface area contributed by atoms with Crippen LogP contribution in [-0.2, 0) is 16.3 Å². The van der Waals surface area contributed by atoms with Crippen LogP contribution in [0.5, 0.6) is 0 Å². The summed E-state index contributed by atoms with van der Waals surface area (Å²) in [6, 6.07) is 1.13. The van der Waals surface area contributed by atoms with Crippen molar-refractivity contribution in [1.29, 1.82) is 0 Å². The summed E-state index contributed by atoms with van der Waals surface area (Å²) >= 11 is 0. The van der Waals surface area contributed by atoms with E-state index in [9.17, 15) is 13.2 Å². The fourth-order valence-electron chi connectivity index (χ4n) is 1.79. The molecule has 1 unspecified atom stereocenters. The first-order valence-corrected chi connectivity index (χ1v) is 6.26. The summed E-state index contributed by atoms with van der Waals surface area (Å²) in [7, 11) is 0. The zero-order valence-corrected chi connectivity index (χ0v) is 11.9. The van der Waals surface area contributed by atoms with E-state index in [1.54, 1.807) is 13.8 Å². The highest BCUT2D eigenvalue weighted by atomic mass is 19.4. The van der Waals surface area contributed by atoms with Crippen LogP contribution >= 0.6 is 0 Å². The third kappa shape index (κ3) is 3.93. The van der Waals surface area contributed by atoms with Crippen molar-refractivity contribution < 1.29 is 17.9 Å². The second-order valence-electron chi connectivity index (χ2n) is 5.50. The van der Waals surface area contributed by atoms with E-state index in [-0.39, 0.29) is 5.56 Å². The van der Waals surface area contributed by atoms with Gasteiger partial charge in [-0.05, 0) is 19.9 Å². The molecule has 0 bridgehead atoms. The van der Waals surface area contributed by atoms with Crippen molar-refractivity contribution in [2.75, 3.05) is 6.61 Å². The van der Waals surface area contributed by atoms with Crippen LogP contribution in [0.15, 0.2) is 12.3 Å². The van der Waals surface area contributed by atoms with Crippen molar-refractivity contribution in [3.8, 4) is 0 Å². The molecule has 0 N–H and O–H groups in total. The molecule has 2 nitrogen and oxygen atoms in total. The van der Waals surface area contributed by atoms with E-state index in [4.69, 9.17) is 4.74 Å². The molecule has 0 aliphatic heterocycles. The van der Waals surface area contributed by atoms with Crippen LogP contribution in [-0.4, -0.2) is 11.6 Å². The van der Waals surface area contributed by atoms with Gasteiger partial charge in [0.2, 0.25) is 0 Å². The first-order valence-electron chi connectivity index (χ1n) is 6.26. The predicted octanol–water partition coefficient (Wildman–Crippen LogP) is 4.50. The topological polar surface area (TPSA) is 22.1 Å². The smallest absolute Gasteiger partial charge is 0.374 e. The minimum Gasteiger partial charge on any atom is -0.374 e. The van der Waals surface area contributed by atoms with Crippen LogP contribution in [0.3, 0.4) is 0 Å². The van der Waals surface area contributed by atoms with Gasteiger partial charge >= 0.3 is 6.18 Å². The summed E-state index contributed by atoms with van der Waals surface area (Å²) < 4.78 is 44.7. The molecule has 0 aromatic carbocycles. The van der Waals surface area contributed by atoms with Crippen molar-refractivity contribution in [3.05, 3.63) is 29.1 Å². The van der Waals surface area contributed by atoms with Gasteiger partial charge in [-0.25, -0.2) is 0 Å². The van der Waals surface area contributed by atoms with Gasteiger partial charge < -0.3 is 4.74 Å². The maximum atomic E-state index is 13.1. The molecule has 5 heteroatoms. The lowest BCUT2D eigenvalue weighted by Crippen LogP contribution is -2.19. The van der Waals surface area contributed by atoms with E-state index < -0.39 is 23.3 Å². The molecule has 0 spiro atoms.